The maximum absolute atomic E-state index is 5.42. The average molecular weight is 283 g/mol. The third-order valence-electron chi connectivity index (χ3n) is 4.12. The van der Waals surface area contributed by atoms with Crippen LogP contribution in [0.25, 0.3) is 0 Å². The normalized spacial score (nSPS) is 12.3. The van der Waals surface area contributed by atoms with Crippen LogP contribution < -0.4 is 10.1 Å². The van der Waals surface area contributed by atoms with Gasteiger partial charge in [0, 0.05) is 0 Å². The fraction of sp³-hybridized carbons (Fsp3) is 0.368. The van der Waals surface area contributed by atoms with Gasteiger partial charge in [-0.15, -0.1) is 0 Å². The lowest BCUT2D eigenvalue weighted by Gasteiger charge is -2.23. The van der Waals surface area contributed by atoms with Gasteiger partial charge in [-0.3, -0.25) is 0 Å². The Morgan fingerprint density at radius 1 is 0.857 bits per heavy atom. The van der Waals surface area contributed by atoms with Crippen molar-refractivity contribution >= 4 is 0 Å². The van der Waals surface area contributed by atoms with Gasteiger partial charge in [-0.25, -0.2) is 0 Å². The molecule has 112 valence electrons. The first-order chi connectivity index (χ1) is 9.97. The molecule has 0 saturated carbocycles. The molecule has 0 amide bonds. The topological polar surface area (TPSA) is 21.3 Å². The van der Waals surface area contributed by atoms with Crippen molar-refractivity contribution in [3.63, 3.8) is 0 Å². The fourth-order valence-corrected chi connectivity index (χ4v) is 2.97. The minimum atomic E-state index is 0.204. The number of benzene rings is 2. The Bertz CT molecular complexity index is 646. The second-order valence-electron chi connectivity index (χ2n) is 5.76. The zero-order valence-corrected chi connectivity index (χ0v) is 13.9. The van der Waals surface area contributed by atoms with Crippen molar-refractivity contribution < 1.29 is 4.74 Å². The molecule has 2 rings (SSSR count). The third kappa shape index (κ3) is 3.11. The van der Waals surface area contributed by atoms with Crippen molar-refractivity contribution in [1.82, 2.24) is 5.32 Å². The van der Waals surface area contributed by atoms with Gasteiger partial charge in [0.25, 0.3) is 0 Å². The molecule has 0 saturated heterocycles. The molecular formula is C19H25NO. The number of methoxy groups -OCH3 is 1. The molecule has 2 aromatic rings. The van der Waals surface area contributed by atoms with Gasteiger partial charge in [0.15, 0.2) is 0 Å². The van der Waals surface area contributed by atoms with E-state index in [1.165, 1.54) is 33.4 Å². The standard InChI is InChI=1S/C19H25NO/c1-12-7-8-16(13(2)9-12)19(20-5)17-10-15(4)18(21-6)11-14(17)3/h7-11,19-20H,1-6H3. The van der Waals surface area contributed by atoms with Gasteiger partial charge in [-0.1, -0.05) is 29.8 Å². The van der Waals surface area contributed by atoms with E-state index in [0.717, 1.165) is 5.75 Å². The first-order valence-electron chi connectivity index (χ1n) is 7.37. The Morgan fingerprint density at radius 2 is 1.52 bits per heavy atom. The summed E-state index contributed by atoms with van der Waals surface area (Å²) < 4.78 is 5.42. The lowest BCUT2D eigenvalue weighted by molar-refractivity contribution is 0.411. The molecule has 1 unspecified atom stereocenters. The molecular weight excluding hydrogens is 258 g/mol. The van der Waals surface area contributed by atoms with E-state index in [1.807, 2.05) is 7.05 Å². The molecule has 1 atom stereocenters. The van der Waals surface area contributed by atoms with E-state index in [2.05, 4.69) is 63.3 Å². The van der Waals surface area contributed by atoms with E-state index in [1.54, 1.807) is 7.11 Å². The number of hydrogen-bond acceptors (Lipinski definition) is 2. The SMILES string of the molecule is CNC(c1ccc(C)cc1C)c1cc(C)c(OC)cc1C. The Kier molecular flexibility index (Phi) is 4.69. The van der Waals surface area contributed by atoms with Crippen LogP contribution in [0.4, 0.5) is 0 Å². The van der Waals surface area contributed by atoms with Crippen molar-refractivity contribution in [2.45, 2.75) is 33.7 Å². The molecule has 2 heteroatoms. The van der Waals surface area contributed by atoms with Crippen LogP contribution in [0, 0.1) is 27.7 Å². The monoisotopic (exact) mass is 283 g/mol. The Labute approximate surface area is 128 Å². The molecule has 1 N–H and O–H groups in total. The van der Waals surface area contributed by atoms with Crippen LogP contribution in [0.2, 0.25) is 0 Å². The van der Waals surface area contributed by atoms with Gasteiger partial charge >= 0.3 is 0 Å². The summed E-state index contributed by atoms with van der Waals surface area (Å²) in [6, 6.07) is 11.2. The fourth-order valence-electron chi connectivity index (χ4n) is 2.97. The average Bonchev–Trinajstić information content (AvgIpc) is 2.45. The highest BCUT2D eigenvalue weighted by Gasteiger charge is 2.17. The highest BCUT2D eigenvalue weighted by Crippen LogP contribution is 2.31. The Hall–Kier alpha value is -1.80. The smallest absolute Gasteiger partial charge is 0.122 e. The van der Waals surface area contributed by atoms with Gasteiger partial charge in [0.2, 0.25) is 0 Å². The summed E-state index contributed by atoms with van der Waals surface area (Å²) in [5.74, 6) is 0.951. The van der Waals surface area contributed by atoms with Crippen LogP contribution in [-0.2, 0) is 0 Å². The highest BCUT2D eigenvalue weighted by atomic mass is 16.5. The summed E-state index contributed by atoms with van der Waals surface area (Å²) in [5.41, 5.74) is 7.68. The molecule has 0 bridgehead atoms. The number of nitrogens with one attached hydrogen (secondary N) is 1. The van der Waals surface area contributed by atoms with Crippen LogP contribution >= 0.6 is 0 Å². The van der Waals surface area contributed by atoms with Gasteiger partial charge < -0.3 is 10.1 Å². The molecule has 2 aromatic carbocycles. The minimum Gasteiger partial charge on any atom is -0.496 e. The van der Waals surface area contributed by atoms with Crippen LogP contribution in [0.1, 0.15) is 39.4 Å². The summed E-state index contributed by atoms with van der Waals surface area (Å²) in [7, 11) is 3.74. The van der Waals surface area contributed by atoms with E-state index in [9.17, 15) is 0 Å². The number of hydrogen-bond donors (Lipinski definition) is 1. The largest absolute Gasteiger partial charge is 0.496 e. The van der Waals surface area contributed by atoms with E-state index < -0.39 is 0 Å². The maximum Gasteiger partial charge on any atom is 0.122 e. The van der Waals surface area contributed by atoms with E-state index in [4.69, 9.17) is 4.74 Å². The number of ether oxygens (including phenoxy) is 1. The third-order valence-corrected chi connectivity index (χ3v) is 4.12. The maximum atomic E-state index is 5.42. The van der Waals surface area contributed by atoms with Crippen LogP contribution in [0.15, 0.2) is 30.3 Å². The van der Waals surface area contributed by atoms with Gasteiger partial charge in [-0.05, 0) is 68.6 Å². The van der Waals surface area contributed by atoms with Gasteiger partial charge in [0.05, 0.1) is 13.2 Å². The van der Waals surface area contributed by atoms with Crippen LogP contribution in [0.5, 0.6) is 5.75 Å². The predicted octanol–water partition coefficient (Wildman–Crippen LogP) is 4.24. The number of aryl methyl sites for hydroxylation is 4. The van der Waals surface area contributed by atoms with E-state index in [-0.39, 0.29) is 6.04 Å². The summed E-state index contributed by atoms with van der Waals surface area (Å²) in [6.07, 6.45) is 0. The molecule has 0 aliphatic heterocycles. The first kappa shape index (κ1) is 15.6. The molecule has 0 fully saturated rings. The summed E-state index contributed by atoms with van der Waals surface area (Å²) in [5, 5.41) is 3.46. The van der Waals surface area contributed by atoms with Crippen LogP contribution in [0.3, 0.4) is 0 Å². The predicted molar refractivity (Wildman–Crippen MR) is 89.3 cm³/mol. The van der Waals surface area contributed by atoms with E-state index in [0.29, 0.717) is 0 Å². The second-order valence-corrected chi connectivity index (χ2v) is 5.76. The Balaban J connectivity index is 2.53. The molecule has 0 aliphatic carbocycles. The molecule has 0 aliphatic rings. The quantitative estimate of drug-likeness (QED) is 0.906. The molecule has 0 heterocycles. The van der Waals surface area contributed by atoms with E-state index >= 15 is 0 Å². The lowest BCUT2D eigenvalue weighted by Crippen LogP contribution is -2.20. The van der Waals surface area contributed by atoms with Crippen molar-refractivity contribution in [3.05, 3.63) is 63.7 Å². The van der Waals surface area contributed by atoms with Crippen molar-refractivity contribution in [1.29, 1.82) is 0 Å². The molecule has 21 heavy (non-hydrogen) atoms. The molecule has 2 nitrogen and oxygen atoms in total. The van der Waals surface area contributed by atoms with Crippen molar-refractivity contribution in [2.75, 3.05) is 14.2 Å². The molecule has 0 spiro atoms. The van der Waals surface area contributed by atoms with Crippen molar-refractivity contribution in [3.8, 4) is 5.75 Å². The van der Waals surface area contributed by atoms with Crippen LogP contribution in [-0.4, -0.2) is 14.2 Å². The van der Waals surface area contributed by atoms with Gasteiger partial charge in [0.1, 0.15) is 5.75 Å². The molecule has 0 aromatic heterocycles. The highest BCUT2D eigenvalue weighted by molar-refractivity contribution is 5.47. The second kappa shape index (κ2) is 6.31. The summed E-state index contributed by atoms with van der Waals surface area (Å²) >= 11 is 0. The first-order valence-corrected chi connectivity index (χ1v) is 7.37. The zero-order valence-electron chi connectivity index (χ0n) is 13.9. The summed E-state index contributed by atoms with van der Waals surface area (Å²) in [4.78, 5) is 0. The molecule has 0 radical (unpaired) electrons. The number of rotatable bonds is 4. The Morgan fingerprint density at radius 3 is 2.10 bits per heavy atom. The minimum absolute atomic E-state index is 0.204. The van der Waals surface area contributed by atoms with Gasteiger partial charge in [-0.2, -0.15) is 0 Å². The van der Waals surface area contributed by atoms with Crippen molar-refractivity contribution in [2.24, 2.45) is 0 Å². The summed E-state index contributed by atoms with van der Waals surface area (Å²) in [6.45, 7) is 8.55. The zero-order chi connectivity index (χ0) is 15.6. The lowest BCUT2D eigenvalue weighted by atomic mass is 9.90.